The van der Waals surface area contributed by atoms with E-state index in [-0.39, 0.29) is 11.2 Å². The summed E-state index contributed by atoms with van der Waals surface area (Å²) < 4.78 is 1.24. The highest BCUT2D eigenvalue weighted by molar-refractivity contribution is 7.16. The van der Waals surface area contributed by atoms with Gasteiger partial charge in [-0.25, -0.2) is 15.0 Å². The van der Waals surface area contributed by atoms with E-state index in [2.05, 4.69) is 63.7 Å². The van der Waals surface area contributed by atoms with Crippen LogP contribution in [0, 0.1) is 0 Å². The molecule has 158 valence electrons. The van der Waals surface area contributed by atoms with Crippen molar-refractivity contribution in [3.05, 3.63) is 47.2 Å². The molecule has 1 aliphatic rings. The van der Waals surface area contributed by atoms with Crippen molar-refractivity contribution in [2.24, 2.45) is 0 Å². The number of Topliss-reactive ketones (excluding diaryl/α,β-unsaturated/α-hetero) is 1. The summed E-state index contributed by atoms with van der Waals surface area (Å²) in [5, 5.41) is 0. The van der Waals surface area contributed by atoms with Crippen LogP contribution in [0.1, 0.15) is 51.3 Å². The molecule has 0 aliphatic carbocycles. The molecule has 3 heterocycles. The molecule has 30 heavy (non-hydrogen) atoms. The van der Waals surface area contributed by atoms with Crippen LogP contribution >= 0.6 is 11.3 Å². The van der Waals surface area contributed by atoms with Gasteiger partial charge in [-0.15, -0.1) is 11.3 Å². The highest BCUT2D eigenvalue weighted by atomic mass is 32.1. The molecule has 1 atom stereocenters. The molecule has 1 aliphatic heterocycles. The summed E-state index contributed by atoms with van der Waals surface area (Å²) in [6, 6.07) is 6.97. The first kappa shape index (κ1) is 20.9. The van der Waals surface area contributed by atoms with E-state index >= 15 is 0 Å². The Balaban J connectivity index is 1.38. The minimum Gasteiger partial charge on any atom is -0.338 e. The van der Waals surface area contributed by atoms with E-state index in [1.54, 1.807) is 18.3 Å². The average molecular weight is 424 g/mol. The lowest BCUT2D eigenvalue weighted by Crippen LogP contribution is -2.47. The maximum atomic E-state index is 11.5. The summed E-state index contributed by atoms with van der Waals surface area (Å²) in [5.74, 6) is 0.955. The molecule has 0 bridgehead atoms. The molecule has 1 aromatic carbocycles. The number of carbonyl (C=O) groups excluding carboxylic acids is 1. The van der Waals surface area contributed by atoms with Crippen molar-refractivity contribution in [3.8, 4) is 0 Å². The van der Waals surface area contributed by atoms with Crippen LogP contribution in [-0.4, -0.2) is 51.8 Å². The van der Waals surface area contributed by atoms with Crippen molar-refractivity contribution in [1.82, 2.24) is 19.9 Å². The van der Waals surface area contributed by atoms with Crippen molar-refractivity contribution >= 4 is 33.3 Å². The lowest BCUT2D eigenvalue weighted by molar-refractivity contribution is -0.118. The van der Waals surface area contributed by atoms with Crippen LogP contribution in [0.25, 0.3) is 10.2 Å². The number of nitrogens with zero attached hydrogens (tertiary/aromatic N) is 5. The van der Waals surface area contributed by atoms with Gasteiger partial charge in [0.15, 0.2) is 0 Å². The lowest BCUT2D eigenvalue weighted by atomic mass is 9.82. The Hall–Kier alpha value is -2.38. The van der Waals surface area contributed by atoms with Gasteiger partial charge >= 0.3 is 0 Å². The topological polar surface area (TPSA) is 62.2 Å². The Kier molecular flexibility index (Phi) is 5.84. The number of benzene rings is 1. The molecule has 4 rings (SSSR count). The first-order valence-electron chi connectivity index (χ1n) is 10.5. The van der Waals surface area contributed by atoms with Crippen molar-refractivity contribution in [2.75, 3.05) is 31.1 Å². The number of hydrogen-bond donors (Lipinski definition) is 0. The predicted octanol–water partition coefficient (Wildman–Crippen LogP) is 4.23. The van der Waals surface area contributed by atoms with Crippen molar-refractivity contribution in [2.45, 2.75) is 45.6 Å². The fourth-order valence-electron chi connectivity index (χ4n) is 4.21. The predicted molar refractivity (Wildman–Crippen MR) is 122 cm³/mol. The summed E-state index contributed by atoms with van der Waals surface area (Å²) in [5.41, 5.74) is 5.08. The Morgan fingerprint density at radius 2 is 1.83 bits per heavy atom. The molecule has 1 unspecified atom stereocenters. The molecule has 0 N–H and O–H groups in total. The van der Waals surface area contributed by atoms with Gasteiger partial charge in [-0.1, -0.05) is 19.9 Å². The van der Waals surface area contributed by atoms with Gasteiger partial charge in [0.05, 0.1) is 15.7 Å². The van der Waals surface area contributed by atoms with Gasteiger partial charge in [0, 0.05) is 51.0 Å². The van der Waals surface area contributed by atoms with Gasteiger partial charge in [-0.3, -0.25) is 9.69 Å². The van der Waals surface area contributed by atoms with E-state index in [9.17, 15) is 4.79 Å². The minimum absolute atomic E-state index is 0.184. The zero-order valence-corrected chi connectivity index (χ0v) is 18.9. The van der Waals surface area contributed by atoms with Crippen LogP contribution in [0.3, 0.4) is 0 Å². The molecule has 7 heteroatoms. The second kappa shape index (κ2) is 8.40. The van der Waals surface area contributed by atoms with Crippen LogP contribution in [0.15, 0.2) is 36.1 Å². The van der Waals surface area contributed by atoms with Crippen LogP contribution in [0.2, 0.25) is 0 Å². The highest BCUT2D eigenvalue weighted by Crippen LogP contribution is 2.28. The summed E-state index contributed by atoms with van der Waals surface area (Å²) >= 11 is 1.68. The molecule has 0 amide bonds. The zero-order valence-electron chi connectivity index (χ0n) is 18.1. The summed E-state index contributed by atoms with van der Waals surface area (Å²) in [6.07, 6.45) is 4.26. The van der Waals surface area contributed by atoms with Gasteiger partial charge in [0.2, 0.25) is 5.95 Å². The van der Waals surface area contributed by atoms with E-state index in [1.165, 1.54) is 10.3 Å². The summed E-state index contributed by atoms with van der Waals surface area (Å²) in [4.78, 5) is 30.0. The number of ketones is 1. The van der Waals surface area contributed by atoms with Crippen molar-refractivity contribution in [3.63, 3.8) is 0 Å². The number of aromatic nitrogens is 3. The summed E-state index contributed by atoms with van der Waals surface area (Å²) in [6.45, 7) is 11.8. The zero-order chi connectivity index (χ0) is 21.3. The third-order valence-corrected chi connectivity index (χ3v) is 6.90. The molecule has 1 fully saturated rings. The second-order valence-electron chi connectivity index (χ2n) is 8.81. The smallest absolute Gasteiger partial charge is 0.225 e. The number of anilines is 1. The maximum Gasteiger partial charge on any atom is 0.225 e. The van der Waals surface area contributed by atoms with Crippen LogP contribution in [0.5, 0.6) is 0 Å². The first-order valence-corrected chi connectivity index (χ1v) is 11.4. The molecular formula is C23H29N5OS. The van der Waals surface area contributed by atoms with E-state index in [1.807, 2.05) is 17.9 Å². The van der Waals surface area contributed by atoms with Crippen LogP contribution in [0.4, 0.5) is 5.95 Å². The van der Waals surface area contributed by atoms with Gasteiger partial charge in [-0.05, 0) is 42.5 Å². The molecule has 2 aromatic heterocycles. The van der Waals surface area contributed by atoms with E-state index in [0.717, 1.165) is 43.2 Å². The molecule has 0 radical (unpaired) electrons. The van der Waals surface area contributed by atoms with Crippen LogP contribution in [-0.2, 0) is 10.2 Å². The Morgan fingerprint density at radius 1 is 1.13 bits per heavy atom. The SMILES string of the molecule is CC(=O)CC(C)(C)c1cnc(N2CCN(C(C)c3ccc4scnc4c3)CC2)nc1. The fraction of sp³-hybridized carbons (Fsp3) is 0.478. The Bertz CT molecular complexity index is 1020. The quantitative estimate of drug-likeness (QED) is 0.591. The molecular weight excluding hydrogens is 394 g/mol. The largest absolute Gasteiger partial charge is 0.338 e. The van der Waals surface area contributed by atoms with Gasteiger partial charge in [0.25, 0.3) is 0 Å². The lowest BCUT2D eigenvalue weighted by Gasteiger charge is -2.38. The monoisotopic (exact) mass is 423 g/mol. The fourth-order valence-corrected chi connectivity index (χ4v) is 4.87. The Labute approximate surface area is 182 Å². The number of hydrogen-bond acceptors (Lipinski definition) is 7. The van der Waals surface area contributed by atoms with E-state index in [4.69, 9.17) is 0 Å². The number of thiazole rings is 1. The van der Waals surface area contributed by atoms with Gasteiger partial charge < -0.3 is 4.90 Å². The number of fused-ring (bicyclic) bond motifs is 1. The normalized spacial score (nSPS) is 16.7. The Morgan fingerprint density at radius 3 is 2.50 bits per heavy atom. The van der Waals surface area contributed by atoms with Gasteiger partial charge in [0.1, 0.15) is 5.78 Å². The van der Waals surface area contributed by atoms with Gasteiger partial charge in [-0.2, -0.15) is 0 Å². The molecule has 0 saturated carbocycles. The average Bonchev–Trinajstić information content (AvgIpc) is 3.20. The van der Waals surface area contributed by atoms with E-state index in [0.29, 0.717) is 12.5 Å². The molecule has 6 nitrogen and oxygen atoms in total. The molecule has 1 saturated heterocycles. The third kappa shape index (κ3) is 4.37. The van der Waals surface area contributed by atoms with E-state index < -0.39 is 0 Å². The summed E-state index contributed by atoms with van der Waals surface area (Å²) in [7, 11) is 0. The van der Waals surface area contributed by atoms with Crippen molar-refractivity contribution in [1.29, 1.82) is 0 Å². The maximum absolute atomic E-state index is 11.5. The molecule has 3 aromatic rings. The number of piperazine rings is 1. The first-order chi connectivity index (χ1) is 14.3. The minimum atomic E-state index is -0.239. The van der Waals surface area contributed by atoms with Crippen molar-refractivity contribution < 1.29 is 4.79 Å². The number of rotatable bonds is 6. The highest BCUT2D eigenvalue weighted by Gasteiger charge is 2.26. The standard InChI is InChI=1S/C23H29N5OS/c1-16(29)12-23(3,4)19-13-24-22(25-14-19)28-9-7-27(8-10-28)17(2)18-5-6-21-20(11-18)26-15-30-21/h5-6,11,13-15,17H,7-10,12H2,1-4H3. The number of carbonyl (C=O) groups is 1. The third-order valence-electron chi connectivity index (χ3n) is 6.09. The molecule has 0 spiro atoms. The second-order valence-corrected chi connectivity index (χ2v) is 9.70. The van der Waals surface area contributed by atoms with Crippen LogP contribution < -0.4 is 4.90 Å².